The Morgan fingerprint density at radius 3 is 2.48 bits per heavy atom. The maximum Gasteiger partial charge on any atom is 0.266 e. The number of nitrogens with zero attached hydrogens (tertiary/aromatic N) is 1. The van der Waals surface area contributed by atoms with E-state index in [-0.39, 0.29) is 11.5 Å². The molecule has 0 saturated heterocycles. The van der Waals surface area contributed by atoms with Crippen molar-refractivity contribution in [1.82, 2.24) is 0 Å². The van der Waals surface area contributed by atoms with Crippen LogP contribution in [0.1, 0.15) is 34.8 Å². The van der Waals surface area contributed by atoms with E-state index in [1.165, 1.54) is 25.3 Å². The summed E-state index contributed by atoms with van der Waals surface area (Å²) < 4.78 is 4.87. The number of nitro groups is 1. The lowest BCUT2D eigenvalue weighted by Gasteiger charge is -2.13. The number of hydrogen-bond acceptors (Lipinski definition) is 5. The minimum Gasteiger partial charge on any atom is -0.865 e. The first-order valence-electron chi connectivity index (χ1n) is 7.81. The second kappa shape index (κ2) is 8.10. The van der Waals surface area contributed by atoms with E-state index in [1.807, 2.05) is 12.1 Å². The topological polar surface area (TPSA) is 92.5 Å². The Labute approximate surface area is 145 Å². The van der Waals surface area contributed by atoms with E-state index in [2.05, 4.69) is 6.92 Å². The van der Waals surface area contributed by atoms with Crippen molar-refractivity contribution in [1.29, 1.82) is 0 Å². The fraction of sp³-hybridized carbons (Fsp3) is 0.211. The van der Waals surface area contributed by atoms with Gasteiger partial charge in [-0.1, -0.05) is 43.7 Å². The first-order valence-corrected chi connectivity index (χ1v) is 7.81. The third-order valence-corrected chi connectivity index (χ3v) is 3.68. The number of benzene rings is 2. The maximum atomic E-state index is 12.2. The lowest BCUT2D eigenvalue weighted by atomic mass is 10.0. The van der Waals surface area contributed by atoms with Gasteiger partial charge in [0.2, 0.25) is 0 Å². The summed E-state index contributed by atoms with van der Waals surface area (Å²) in [5.74, 6) is -1.15. The lowest BCUT2D eigenvalue weighted by molar-refractivity contribution is -0.398. The summed E-state index contributed by atoms with van der Waals surface area (Å²) >= 11 is 0. The Bertz CT molecular complexity index is 809. The van der Waals surface area contributed by atoms with Gasteiger partial charge in [-0.2, -0.15) is 0 Å². The molecule has 2 rings (SSSR count). The normalized spacial score (nSPS) is 10.8. The highest BCUT2D eigenvalue weighted by Crippen LogP contribution is 2.34. The van der Waals surface area contributed by atoms with Crippen molar-refractivity contribution in [3.8, 4) is 11.5 Å². The number of hydrogen-bond donors (Lipinski definition) is 0. The molecule has 0 saturated carbocycles. The average Bonchev–Trinajstić information content (AvgIpc) is 2.61. The van der Waals surface area contributed by atoms with Crippen molar-refractivity contribution in [3.63, 3.8) is 0 Å². The fourth-order valence-corrected chi connectivity index (χ4v) is 2.38. The van der Waals surface area contributed by atoms with Crippen LogP contribution in [0.2, 0.25) is 0 Å². The van der Waals surface area contributed by atoms with Gasteiger partial charge in [0.25, 0.3) is 5.69 Å². The van der Waals surface area contributed by atoms with E-state index in [4.69, 9.17) is 4.74 Å². The molecule has 2 aromatic rings. The van der Waals surface area contributed by atoms with Crippen LogP contribution in [0.5, 0.6) is 11.5 Å². The number of carbonyl (C=O) groups excluding carboxylic acids is 1. The van der Waals surface area contributed by atoms with Gasteiger partial charge in [-0.05, 0) is 29.7 Å². The predicted molar refractivity (Wildman–Crippen MR) is 92.9 cm³/mol. The molecule has 0 unspecified atom stereocenters. The number of rotatable bonds is 7. The van der Waals surface area contributed by atoms with Crippen LogP contribution in [0, 0.1) is 10.1 Å². The smallest absolute Gasteiger partial charge is 0.266 e. The summed E-state index contributed by atoms with van der Waals surface area (Å²) in [4.78, 5) is 22.4. The molecule has 0 atom stereocenters. The molecule has 0 bridgehead atoms. The lowest BCUT2D eigenvalue weighted by Crippen LogP contribution is -2.01. The van der Waals surface area contributed by atoms with Gasteiger partial charge in [0.05, 0.1) is 12.0 Å². The van der Waals surface area contributed by atoms with Crippen molar-refractivity contribution < 1.29 is 19.6 Å². The molecule has 0 radical (unpaired) electrons. The van der Waals surface area contributed by atoms with Crippen LogP contribution < -0.4 is 9.84 Å². The molecule has 0 fully saturated rings. The molecule has 0 aliphatic heterocycles. The molecular weight excluding hydrogens is 322 g/mol. The average molecular weight is 340 g/mol. The predicted octanol–water partition coefficient (Wildman–Crippen LogP) is 3.53. The van der Waals surface area contributed by atoms with Gasteiger partial charge in [-0.25, -0.2) is 0 Å². The van der Waals surface area contributed by atoms with Gasteiger partial charge in [-0.3, -0.25) is 14.9 Å². The molecule has 0 aliphatic rings. The number of methoxy groups -OCH3 is 1. The summed E-state index contributed by atoms with van der Waals surface area (Å²) in [6, 6.07) is 9.81. The summed E-state index contributed by atoms with van der Waals surface area (Å²) in [6.45, 7) is 2.09. The van der Waals surface area contributed by atoms with E-state index >= 15 is 0 Å². The highest BCUT2D eigenvalue weighted by atomic mass is 16.6. The molecular formula is C19H18NO5-. The third-order valence-electron chi connectivity index (χ3n) is 3.68. The first kappa shape index (κ1) is 18.2. The van der Waals surface area contributed by atoms with Gasteiger partial charge in [0, 0.05) is 17.4 Å². The van der Waals surface area contributed by atoms with Crippen LogP contribution in [-0.4, -0.2) is 17.8 Å². The Morgan fingerprint density at radius 1 is 1.24 bits per heavy atom. The Morgan fingerprint density at radius 2 is 1.92 bits per heavy atom. The monoisotopic (exact) mass is 340 g/mol. The standard InChI is InChI=1S/C19H19NO5/c1-3-4-13-5-8-15(9-6-13)17(21)10-7-14-11-16(20(23)24)19(22)18(12-14)25-2/h5-12,22H,3-4H2,1-2H3/p-1/b10-7+. The van der Waals surface area contributed by atoms with Gasteiger partial charge < -0.3 is 9.84 Å². The van der Waals surface area contributed by atoms with Crippen molar-refractivity contribution >= 4 is 17.5 Å². The van der Waals surface area contributed by atoms with Crippen molar-refractivity contribution in [2.24, 2.45) is 0 Å². The van der Waals surface area contributed by atoms with Crippen LogP contribution in [0.15, 0.2) is 42.5 Å². The number of nitro benzene ring substituents is 1. The van der Waals surface area contributed by atoms with Crippen LogP contribution in [0.4, 0.5) is 5.69 Å². The van der Waals surface area contributed by atoms with Gasteiger partial charge in [0.15, 0.2) is 5.78 Å². The molecule has 25 heavy (non-hydrogen) atoms. The van der Waals surface area contributed by atoms with E-state index in [9.17, 15) is 20.0 Å². The Kier molecular flexibility index (Phi) is 5.89. The molecule has 0 N–H and O–H groups in total. The molecule has 0 spiro atoms. The van der Waals surface area contributed by atoms with E-state index < -0.39 is 16.4 Å². The van der Waals surface area contributed by atoms with Crippen LogP contribution >= 0.6 is 0 Å². The molecule has 0 aromatic heterocycles. The molecule has 0 amide bonds. The SMILES string of the molecule is CCCc1ccc(C(=O)/C=C/c2cc(OC)c([O-])c([N+](=O)[O-])c2)cc1. The second-order valence-electron chi connectivity index (χ2n) is 5.47. The van der Waals surface area contributed by atoms with Crippen molar-refractivity contribution in [2.45, 2.75) is 19.8 Å². The fourth-order valence-electron chi connectivity index (χ4n) is 2.38. The summed E-state index contributed by atoms with van der Waals surface area (Å²) in [5, 5.41) is 22.7. The zero-order valence-corrected chi connectivity index (χ0v) is 14.0. The first-order chi connectivity index (χ1) is 12.0. The largest absolute Gasteiger partial charge is 0.865 e. The number of aryl methyl sites for hydroxylation is 1. The highest BCUT2D eigenvalue weighted by molar-refractivity contribution is 6.06. The maximum absolute atomic E-state index is 12.2. The van der Waals surface area contributed by atoms with Gasteiger partial charge in [0.1, 0.15) is 5.75 Å². The highest BCUT2D eigenvalue weighted by Gasteiger charge is 2.12. The summed E-state index contributed by atoms with van der Waals surface area (Å²) in [5.41, 5.74) is 1.45. The van der Waals surface area contributed by atoms with E-state index in [0.717, 1.165) is 24.5 Å². The summed E-state index contributed by atoms with van der Waals surface area (Å²) in [7, 11) is 1.26. The molecule has 2 aromatic carbocycles. The minimum atomic E-state index is -0.789. The Hall–Kier alpha value is -3.15. The quantitative estimate of drug-likeness (QED) is 0.333. The van der Waals surface area contributed by atoms with Crippen molar-refractivity contribution in [2.75, 3.05) is 7.11 Å². The van der Waals surface area contributed by atoms with E-state index in [1.54, 1.807) is 12.1 Å². The zero-order valence-electron chi connectivity index (χ0n) is 14.0. The zero-order chi connectivity index (χ0) is 18.4. The molecule has 0 aliphatic carbocycles. The van der Waals surface area contributed by atoms with Crippen LogP contribution in [0.25, 0.3) is 6.08 Å². The number of ketones is 1. The van der Waals surface area contributed by atoms with Gasteiger partial charge in [-0.15, -0.1) is 0 Å². The number of ether oxygens (including phenoxy) is 1. The third kappa shape index (κ3) is 4.44. The van der Waals surface area contributed by atoms with Crippen LogP contribution in [-0.2, 0) is 6.42 Å². The molecule has 0 heterocycles. The second-order valence-corrected chi connectivity index (χ2v) is 5.47. The van der Waals surface area contributed by atoms with E-state index in [0.29, 0.717) is 11.1 Å². The Balaban J connectivity index is 2.24. The number of allylic oxidation sites excluding steroid dienone is 1. The molecule has 130 valence electrons. The minimum absolute atomic E-state index is 0.134. The summed E-state index contributed by atoms with van der Waals surface area (Å²) in [6.07, 6.45) is 4.73. The number of carbonyl (C=O) groups is 1. The van der Waals surface area contributed by atoms with Crippen molar-refractivity contribution in [3.05, 3.63) is 69.3 Å². The molecule has 6 nitrogen and oxygen atoms in total. The van der Waals surface area contributed by atoms with Gasteiger partial charge >= 0.3 is 0 Å². The van der Waals surface area contributed by atoms with Crippen LogP contribution in [0.3, 0.4) is 0 Å². The molecule has 6 heteroatoms.